The molecule has 0 saturated carbocycles. The number of benzene rings is 1. The fraction of sp³-hybridized carbons (Fsp3) is 0.647. The minimum absolute atomic E-state index is 0.804. The highest BCUT2D eigenvalue weighted by atomic mass is 16.5. The molecule has 20 heavy (non-hydrogen) atoms. The molecule has 0 spiro atoms. The van der Waals surface area contributed by atoms with E-state index in [1.165, 1.54) is 31.5 Å². The summed E-state index contributed by atoms with van der Waals surface area (Å²) in [5.41, 5.74) is 1.39. The molecule has 1 aromatic carbocycles. The van der Waals surface area contributed by atoms with E-state index >= 15 is 0 Å². The van der Waals surface area contributed by atoms with Crippen molar-refractivity contribution in [1.29, 1.82) is 0 Å². The number of likely N-dealkylation sites (tertiary alicyclic amines) is 1. The molecule has 0 aliphatic carbocycles. The van der Waals surface area contributed by atoms with E-state index in [0.29, 0.717) is 0 Å². The number of nitrogens with zero attached hydrogens (tertiary/aromatic N) is 1. The molecule has 0 aromatic heterocycles. The first-order chi connectivity index (χ1) is 9.81. The molecule has 1 aliphatic rings. The molecular weight excluding hydrogens is 248 g/mol. The predicted molar refractivity (Wildman–Crippen MR) is 84.2 cm³/mol. The molecule has 0 unspecified atom stereocenters. The summed E-state index contributed by atoms with van der Waals surface area (Å²) in [5.74, 6) is 1.85. The summed E-state index contributed by atoms with van der Waals surface area (Å²) < 4.78 is 5.62. The third-order valence-corrected chi connectivity index (χ3v) is 4.00. The first-order valence-electron chi connectivity index (χ1n) is 7.90. The maximum Gasteiger partial charge on any atom is 0.119 e. The van der Waals surface area contributed by atoms with Crippen molar-refractivity contribution in [3.05, 3.63) is 29.8 Å². The largest absolute Gasteiger partial charge is 0.494 e. The smallest absolute Gasteiger partial charge is 0.119 e. The summed E-state index contributed by atoms with van der Waals surface area (Å²) in [4.78, 5) is 2.56. The number of rotatable bonds is 7. The standard InChI is InChI=1S/C17H28N2O/c1-3-12-20-17-6-4-16(5-7-17)14-19-10-8-15(9-11-19)13-18-2/h4-7,15,18H,3,8-14H2,1-2H3. The Morgan fingerprint density at radius 2 is 1.90 bits per heavy atom. The van der Waals surface area contributed by atoms with Crippen molar-refractivity contribution < 1.29 is 4.74 Å². The SMILES string of the molecule is CCCOc1ccc(CN2CCC(CNC)CC2)cc1. The summed E-state index contributed by atoms with van der Waals surface area (Å²) in [7, 11) is 2.05. The van der Waals surface area contributed by atoms with Crippen molar-refractivity contribution in [1.82, 2.24) is 10.2 Å². The van der Waals surface area contributed by atoms with Crippen LogP contribution >= 0.6 is 0 Å². The number of hydrogen-bond donors (Lipinski definition) is 1. The Kier molecular flexibility index (Phi) is 6.34. The van der Waals surface area contributed by atoms with E-state index in [4.69, 9.17) is 4.74 Å². The van der Waals surface area contributed by atoms with Crippen LogP contribution in [0, 0.1) is 5.92 Å². The van der Waals surface area contributed by atoms with Crippen LogP contribution in [0.5, 0.6) is 5.75 Å². The van der Waals surface area contributed by atoms with Gasteiger partial charge in [0, 0.05) is 6.54 Å². The van der Waals surface area contributed by atoms with Gasteiger partial charge in [-0.3, -0.25) is 4.90 Å². The third-order valence-electron chi connectivity index (χ3n) is 4.00. The highest BCUT2D eigenvalue weighted by Crippen LogP contribution is 2.19. The lowest BCUT2D eigenvalue weighted by Crippen LogP contribution is -2.36. The minimum Gasteiger partial charge on any atom is -0.494 e. The number of piperidine rings is 1. The molecule has 1 fully saturated rings. The molecule has 1 aliphatic heterocycles. The summed E-state index contributed by atoms with van der Waals surface area (Å²) in [5, 5.41) is 3.29. The fourth-order valence-corrected chi connectivity index (χ4v) is 2.81. The molecule has 112 valence electrons. The Hall–Kier alpha value is -1.06. The van der Waals surface area contributed by atoms with E-state index in [2.05, 4.69) is 48.5 Å². The number of nitrogens with one attached hydrogen (secondary N) is 1. The second kappa shape index (κ2) is 8.28. The van der Waals surface area contributed by atoms with Crippen LogP contribution in [0.4, 0.5) is 0 Å². The van der Waals surface area contributed by atoms with Crippen LogP contribution in [-0.2, 0) is 6.54 Å². The van der Waals surface area contributed by atoms with Gasteiger partial charge in [-0.25, -0.2) is 0 Å². The number of hydrogen-bond acceptors (Lipinski definition) is 3. The molecule has 0 amide bonds. The van der Waals surface area contributed by atoms with Crippen molar-refractivity contribution in [2.24, 2.45) is 5.92 Å². The van der Waals surface area contributed by atoms with Crippen LogP contribution in [0.25, 0.3) is 0 Å². The van der Waals surface area contributed by atoms with Gasteiger partial charge in [-0.05, 0) is 69.6 Å². The topological polar surface area (TPSA) is 24.5 Å². The zero-order chi connectivity index (χ0) is 14.2. The molecule has 0 bridgehead atoms. The van der Waals surface area contributed by atoms with E-state index in [0.717, 1.165) is 37.8 Å². The Morgan fingerprint density at radius 1 is 1.20 bits per heavy atom. The van der Waals surface area contributed by atoms with Crippen molar-refractivity contribution in [2.45, 2.75) is 32.7 Å². The second-order valence-electron chi connectivity index (χ2n) is 5.77. The highest BCUT2D eigenvalue weighted by Gasteiger charge is 2.18. The van der Waals surface area contributed by atoms with Gasteiger partial charge in [-0.15, -0.1) is 0 Å². The molecule has 0 radical (unpaired) electrons. The van der Waals surface area contributed by atoms with Crippen LogP contribution < -0.4 is 10.1 Å². The highest BCUT2D eigenvalue weighted by molar-refractivity contribution is 5.27. The van der Waals surface area contributed by atoms with E-state index < -0.39 is 0 Å². The molecule has 3 heteroatoms. The summed E-state index contributed by atoms with van der Waals surface area (Å²) in [6.45, 7) is 7.61. The summed E-state index contributed by atoms with van der Waals surface area (Å²) >= 11 is 0. The maximum atomic E-state index is 5.62. The zero-order valence-electron chi connectivity index (χ0n) is 12.9. The van der Waals surface area contributed by atoms with Gasteiger partial charge >= 0.3 is 0 Å². The van der Waals surface area contributed by atoms with Crippen molar-refractivity contribution in [3.8, 4) is 5.75 Å². The lowest BCUT2D eigenvalue weighted by Gasteiger charge is -2.31. The minimum atomic E-state index is 0.804. The van der Waals surface area contributed by atoms with Crippen molar-refractivity contribution in [3.63, 3.8) is 0 Å². The van der Waals surface area contributed by atoms with Gasteiger partial charge in [-0.1, -0.05) is 19.1 Å². The van der Waals surface area contributed by atoms with Crippen molar-refractivity contribution in [2.75, 3.05) is 33.3 Å². The van der Waals surface area contributed by atoms with Gasteiger partial charge in [-0.2, -0.15) is 0 Å². The third kappa shape index (κ3) is 4.80. The molecule has 2 rings (SSSR count). The molecule has 1 aromatic rings. The number of ether oxygens (including phenoxy) is 1. The first-order valence-corrected chi connectivity index (χ1v) is 7.90. The summed E-state index contributed by atoms with van der Waals surface area (Å²) in [6.07, 6.45) is 3.69. The molecule has 1 saturated heterocycles. The normalized spacial score (nSPS) is 17.3. The monoisotopic (exact) mass is 276 g/mol. The quantitative estimate of drug-likeness (QED) is 0.829. The fourth-order valence-electron chi connectivity index (χ4n) is 2.81. The molecule has 1 N–H and O–H groups in total. The average Bonchev–Trinajstić information content (AvgIpc) is 2.49. The molecular formula is C17H28N2O. The Bertz CT molecular complexity index is 369. The average molecular weight is 276 g/mol. The van der Waals surface area contributed by atoms with Crippen LogP contribution in [0.3, 0.4) is 0 Å². The Balaban J connectivity index is 1.76. The van der Waals surface area contributed by atoms with Crippen LogP contribution in [0.15, 0.2) is 24.3 Å². The lowest BCUT2D eigenvalue weighted by atomic mass is 9.96. The van der Waals surface area contributed by atoms with Gasteiger partial charge in [0.2, 0.25) is 0 Å². The van der Waals surface area contributed by atoms with Crippen LogP contribution in [-0.4, -0.2) is 38.2 Å². The molecule has 0 atom stereocenters. The van der Waals surface area contributed by atoms with Gasteiger partial charge in [0.05, 0.1) is 6.61 Å². The van der Waals surface area contributed by atoms with Gasteiger partial charge in [0.25, 0.3) is 0 Å². The van der Waals surface area contributed by atoms with Gasteiger partial charge in [0.1, 0.15) is 5.75 Å². The second-order valence-corrected chi connectivity index (χ2v) is 5.77. The molecule has 1 heterocycles. The van der Waals surface area contributed by atoms with Crippen molar-refractivity contribution >= 4 is 0 Å². The predicted octanol–water partition coefficient (Wildman–Crippen LogP) is 2.91. The van der Waals surface area contributed by atoms with Gasteiger partial charge < -0.3 is 10.1 Å². The van der Waals surface area contributed by atoms with E-state index in [-0.39, 0.29) is 0 Å². The van der Waals surface area contributed by atoms with Crippen LogP contribution in [0.1, 0.15) is 31.7 Å². The molecule has 3 nitrogen and oxygen atoms in total. The Morgan fingerprint density at radius 3 is 2.50 bits per heavy atom. The van der Waals surface area contributed by atoms with E-state index in [1.807, 2.05) is 0 Å². The van der Waals surface area contributed by atoms with Crippen LogP contribution in [0.2, 0.25) is 0 Å². The summed E-state index contributed by atoms with van der Waals surface area (Å²) in [6, 6.07) is 8.59. The first kappa shape index (κ1) is 15.3. The van der Waals surface area contributed by atoms with E-state index in [9.17, 15) is 0 Å². The van der Waals surface area contributed by atoms with E-state index in [1.54, 1.807) is 0 Å². The lowest BCUT2D eigenvalue weighted by molar-refractivity contribution is 0.176. The maximum absolute atomic E-state index is 5.62. The zero-order valence-corrected chi connectivity index (χ0v) is 12.9. The van der Waals surface area contributed by atoms with Gasteiger partial charge in [0.15, 0.2) is 0 Å². The Labute approximate surface area is 123 Å².